The summed E-state index contributed by atoms with van der Waals surface area (Å²) < 4.78 is 26.8. The molecule has 10 heteroatoms. The normalized spacial score (nSPS) is 13.4. The molecule has 2 atom stereocenters. The van der Waals surface area contributed by atoms with E-state index in [1.165, 1.54) is 128 Å². The van der Waals surface area contributed by atoms with Gasteiger partial charge in [0.05, 0.1) is 13.2 Å². The van der Waals surface area contributed by atoms with Crippen LogP contribution in [-0.2, 0) is 27.9 Å². The molecular formula is C37H74NO8P. The summed E-state index contributed by atoms with van der Waals surface area (Å²) in [5, 5.41) is 12.6. The lowest BCUT2D eigenvalue weighted by molar-refractivity contribution is -0.147. The van der Waals surface area contributed by atoms with Crippen molar-refractivity contribution in [1.82, 2.24) is 5.32 Å². The average molecular weight is 692 g/mol. The fourth-order valence-corrected chi connectivity index (χ4v) is 6.31. The monoisotopic (exact) mass is 692 g/mol. The van der Waals surface area contributed by atoms with E-state index < -0.39 is 26.5 Å². The lowest BCUT2D eigenvalue weighted by atomic mass is 10.0. The highest BCUT2D eigenvalue weighted by Gasteiger charge is 2.23. The van der Waals surface area contributed by atoms with Crippen LogP contribution in [0.1, 0.15) is 194 Å². The Bertz CT molecular complexity index is 754. The minimum Gasteiger partial charge on any atom is -0.463 e. The van der Waals surface area contributed by atoms with Crippen molar-refractivity contribution in [2.75, 3.05) is 26.4 Å². The van der Waals surface area contributed by atoms with Gasteiger partial charge >= 0.3 is 13.8 Å². The van der Waals surface area contributed by atoms with E-state index in [9.17, 15) is 24.2 Å². The van der Waals surface area contributed by atoms with Crippen LogP contribution in [0, 0.1) is 0 Å². The standard InChI is InChI=1S/C37H74NO8P/c1-3-5-7-9-11-13-15-17-19-21-23-25-27-29-36(40)38-31-32-45-47(42,43)46-34-35(39)33-44-37(41)30-28-26-24-22-20-18-16-14-12-10-8-6-4-2/h35,39H,3-34H2,1-2H3,(H,38,40)(H,42,43). The first-order valence-electron chi connectivity index (χ1n) is 19.5. The maximum absolute atomic E-state index is 12.0. The summed E-state index contributed by atoms with van der Waals surface area (Å²) in [6.07, 6.45) is 31.7. The fourth-order valence-electron chi connectivity index (χ4n) is 5.56. The van der Waals surface area contributed by atoms with Gasteiger partial charge in [-0.3, -0.25) is 18.6 Å². The van der Waals surface area contributed by atoms with Gasteiger partial charge in [-0.1, -0.05) is 168 Å². The van der Waals surface area contributed by atoms with Gasteiger partial charge < -0.3 is 20.1 Å². The van der Waals surface area contributed by atoms with Gasteiger partial charge in [-0.15, -0.1) is 0 Å². The number of aliphatic hydroxyl groups is 1. The van der Waals surface area contributed by atoms with Crippen molar-refractivity contribution >= 4 is 19.7 Å². The van der Waals surface area contributed by atoms with Crippen molar-refractivity contribution in [3.05, 3.63) is 0 Å². The Morgan fingerprint density at radius 2 is 0.957 bits per heavy atom. The van der Waals surface area contributed by atoms with Gasteiger partial charge in [-0.05, 0) is 12.8 Å². The number of phosphoric ester groups is 1. The molecule has 280 valence electrons. The van der Waals surface area contributed by atoms with E-state index in [2.05, 4.69) is 19.2 Å². The topological polar surface area (TPSA) is 131 Å². The van der Waals surface area contributed by atoms with Crippen LogP contribution < -0.4 is 5.32 Å². The van der Waals surface area contributed by atoms with E-state index in [0.717, 1.165) is 38.5 Å². The number of carbonyl (C=O) groups is 2. The zero-order chi connectivity index (χ0) is 34.7. The SMILES string of the molecule is CCCCCCCCCCCCCCCC(=O)NCCOP(=O)(O)OCC(O)COC(=O)CCCCCCCCCCCCCCC. The Hall–Kier alpha value is -0.990. The van der Waals surface area contributed by atoms with Crippen LogP contribution in [0.2, 0.25) is 0 Å². The van der Waals surface area contributed by atoms with Crippen molar-refractivity contribution in [2.45, 2.75) is 200 Å². The maximum Gasteiger partial charge on any atom is 0.472 e. The summed E-state index contributed by atoms with van der Waals surface area (Å²) in [4.78, 5) is 33.7. The summed E-state index contributed by atoms with van der Waals surface area (Å²) in [5.41, 5.74) is 0. The lowest BCUT2D eigenvalue weighted by Gasteiger charge is -2.15. The molecule has 0 fully saturated rings. The molecular weight excluding hydrogens is 617 g/mol. The maximum atomic E-state index is 12.0. The summed E-state index contributed by atoms with van der Waals surface area (Å²) in [6, 6.07) is 0. The Morgan fingerprint density at radius 1 is 0.574 bits per heavy atom. The highest BCUT2D eigenvalue weighted by Crippen LogP contribution is 2.42. The minimum absolute atomic E-state index is 0.0878. The van der Waals surface area contributed by atoms with Crippen LogP contribution in [0.5, 0.6) is 0 Å². The summed E-state index contributed by atoms with van der Waals surface area (Å²) in [5.74, 6) is -0.508. The molecule has 3 N–H and O–H groups in total. The number of hydrogen-bond acceptors (Lipinski definition) is 7. The molecule has 0 bridgehead atoms. The number of hydrogen-bond donors (Lipinski definition) is 3. The number of aliphatic hydroxyl groups excluding tert-OH is 1. The number of amides is 1. The molecule has 2 unspecified atom stereocenters. The lowest BCUT2D eigenvalue weighted by Crippen LogP contribution is -2.27. The first-order chi connectivity index (χ1) is 22.8. The van der Waals surface area contributed by atoms with Gasteiger partial charge in [0.25, 0.3) is 0 Å². The van der Waals surface area contributed by atoms with Crippen molar-refractivity contribution in [1.29, 1.82) is 0 Å². The molecule has 0 aliphatic rings. The Labute approximate surface area is 288 Å². The van der Waals surface area contributed by atoms with Crippen LogP contribution in [-0.4, -0.2) is 54.3 Å². The second-order valence-electron chi connectivity index (χ2n) is 13.3. The molecule has 0 spiro atoms. The largest absolute Gasteiger partial charge is 0.472 e. The Kier molecular flexibility index (Phi) is 34.1. The van der Waals surface area contributed by atoms with Crippen LogP contribution in [0.3, 0.4) is 0 Å². The van der Waals surface area contributed by atoms with Crippen molar-refractivity contribution < 1.29 is 37.9 Å². The van der Waals surface area contributed by atoms with Crippen molar-refractivity contribution in [2.24, 2.45) is 0 Å². The van der Waals surface area contributed by atoms with Gasteiger partial charge in [-0.2, -0.15) is 0 Å². The molecule has 9 nitrogen and oxygen atoms in total. The molecule has 0 radical (unpaired) electrons. The van der Waals surface area contributed by atoms with Gasteiger partial charge in [0.15, 0.2) is 0 Å². The van der Waals surface area contributed by atoms with Crippen LogP contribution in [0.15, 0.2) is 0 Å². The molecule has 47 heavy (non-hydrogen) atoms. The molecule has 0 aromatic heterocycles. The predicted molar refractivity (Wildman–Crippen MR) is 192 cm³/mol. The number of ether oxygens (including phenoxy) is 1. The van der Waals surface area contributed by atoms with E-state index >= 15 is 0 Å². The summed E-state index contributed by atoms with van der Waals surface area (Å²) in [6.45, 7) is 3.57. The van der Waals surface area contributed by atoms with Gasteiger partial charge in [-0.25, -0.2) is 4.57 Å². The third kappa shape index (κ3) is 36.1. The molecule has 0 aromatic carbocycles. The number of nitrogens with one attached hydrogen (secondary N) is 1. The van der Waals surface area contributed by atoms with E-state index in [1.54, 1.807) is 0 Å². The van der Waals surface area contributed by atoms with Gasteiger partial charge in [0.2, 0.25) is 5.91 Å². The zero-order valence-corrected chi connectivity index (χ0v) is 31.4. The number of esters is 1. The molecule has 0 saturated carbocycles. The molecule has 0 aliphatic carbocycles. The van der Waals surface area contributed by atoms with Gasteiger partial charge in [0.1, 0.15) is 12.7 Å². The average Bonchev–Trinajstić information content (AvgIpc) is 3.05. The molecule has 0 heterocycles. The first kappa shape index (κ1) is 46.0. The smallest absolute Gasteiger partial charge is 0.463 e. The van der Waals surface area contributed by atoms with Gasteiger partial charge in [0, 0.05) is 19.4 Å². The van der Waals surface area contributed by atoms with E-state index in [4.69, 9.17) is 13.8 Å². The fraction of sp³-hybridized carbons (Fsp3) is 0.946. The third-order valence-corrected chi connectivity index (χ3v) is 9.52. The van der Waals surface area contributed by atoms with Crippen LogP contribution in [0.25, 0.3) is 0 Å². The minimum atomic E-state index is -4.40. The number of unbranched alkanes of at least 4 members (excludes halogenated alkanes) is 24. The predicted octanol–water partition coefficient (Wildman–Crippen LogP) is 10.1. The zero-order valence-electron chi connectivity index (χ0n) is 30.5. The number of carbonyl (C=O) groups excluding carboxylic acids is 2. The molecule has 0 saturated heterocycles. The second-order valence-corrected chi connectivity index (χ2v) is 14.7. The number of phosphoric acid groups is 1. The summed E-state index contributed by atoms with van der Waals surface area (Å²) >= 11 is 0. The number of rotatable bonds is 37. The second kappa shape index (κ2) is 34.9. The molecule has 0 aliphatic heterocycles. The van der Waals surface area contributed by atoms with Crippen LogP contribution >= 0.6 is 7.82 Å². The molecule has 0 rings (SSSR count). The van der Waals surface area contributed by atoms with Crippen molar-refractivity contribution in [3.63, 3.8) is 0 Å². The highest BCUT2D eigenvalue weighted by molar-refractivity contribution is 7.47. The Morgan fingerprint density at radius 3 is 1.38 bits per heavy atom. The third-order valence-electron chi connectivity index (χ3n) is 8.54. The quantitative estimate of drug-likeness (QED) is 0.0333. The molecule has 0 aromatic rings. The van der Waals surface area contributed by atoms with E-state index in [0.29, 0.717) is 6.42 Å². The summed E-state index contributed by atoms with van der Waals surface area (Å²) in [7, 11) is -4.40. The van der Waals surface area contributed by atoms with E-state index in [-0.39, 0.29) is 32.1 Å². The van der Waals surface area contributed by atoms with Crippen LogP contribution in [0.4, 0.5) is 0 Å². The Balaban J connectivity index is 3.59. The highest BCUT2D eigenvalue weighted by atomic mass is 31.2. The van der Waals surface area contributed by atoms with E-state index in [1.807, 2.05) is 0 Å². The van der Waals surface area contributed by atoms with Crippen molar-refractivity contribution in [3.8, 4) is 0 Å². The first-order valence-corrected chi connectivity index (χ1v) is 21.0. The molecule has 1 amide bonds.